The van der Waals surface area contributed by atoms with Crippen molar-refractivity contribution in [2.75, 3.05) is 0 Å². The summed E-state index contributed by atoms with van der Waals surface area (Å²) in [7, 11) is 0. The van der Waals surface area contributed by atoms with Gasteiger partial charge in [0.05, 0.1) is 11.1 Å². The summed E-state index contributed by atoms with van der Waals surface area (Å²) in [4.78, 5) is 19.9. The number of rotatable bonds is 1. The Bertz CT molecular complexity index is 700. The summed E-state index contributed by atoms with van der Waals surface area (Å²) in [6, 6.07) is 0.912. The van der Waals surface area contributed by atoms with Crippen molar-refractivity contribution < 1.29 is 13.2 Å². The molecule has 0 unspecified atom stereocenters. The topological polar surface area (TPSA) is 47.8 Å². The van der Waals surface area contributed by atoms with E-state index in [2.05, 4.69) is 9.97 Å². The van der Waals surface area contributed by atoms with E-state index < -0.39 is 28.4 Å². The second kappa shape index (κ2) is 4.98. The number of alkyl halides is 3. The Hall–Kier alpha value is -2.18. The zero-order valence-corrected chi connectivity index (χ0v) is 11.8. The Morgan fingerprint density at radius 3 is 2.14 bits per heavy atom. The van der Waals surface area contributed by atoms with E-state index >= 15 is 0 Å². The highest BCUT2D eigenvalue weighted by Gasteiger charge is 2.36. The van der Waals surface area contributed by atoms with Crippen molar-refractivity contribution >= 4 is 0 Å². The molecule has 0 bridgehead atoms. The van der Waals surface area contributed by atoms with E-state index in [1.54, 1.807) is 20.8 Å². The molecule has 0 N–H and O–H groups in total. The van der Waals surface area contributed by atoms with Gasteiger partial charge in [-0.2, -0.15) is 13.2 Å². The third kappa shape index (κ3) is 2.96. The minimum Gasteiger partial charge on any atom is -0.310 e. The molecule has 0 radical (unpaired) electrons. The van der Waals surface area contributed by atoms with Crippen molar-refractivity contribution in [3.63, 3.8) is 0 Å². The third-order valence-electron chi connectivity index (χ3n) is 2.97. The molecule has 0 aliphatic rings. The number of hydrogen-bond acceptors (Lipinski definition) is 3. The summed E-state index contributed by atoms with van der Waals surface area (Å²) in [5, 5.41) is 0. The maximum Gasteiger partial charge on any atom is 0.417 e. The van der Waals surface area contributed by atoms with E-state index in [9.17, 15) is 18.0 Å². The normalized spacial score (nSPS) is 12.5. The predicted octanol–water partition coefficient (Wildman–Crippen LogP) is 3.08. The second-order valence-corrected chi connectivity index (χ2v) is 5.58. The van der Waals surface area contributed by atoms with E-state index in [1.807, 2.05) is 0 Å². The molecule has 2 heterocycles. The Morgan fingerprint density at radius 2 is 1.67 bits per heavy atom. The zero-order chi connectivity index (χ0) is 15.8. The summed E-state index contributed by atoms with van der Waals surface area (Å²) in [5.74, 6) is 0. The van der Waals surface area contributed by atoms with Gasteiger partial charge in [0.1, 0.15) is 6.33 Å². The lowest BCUT2D eigenvalue weighted by Crippen LogP contribution is -2.35. The van der Waals surface area contributed by atoms with Crippen LogP contribution in [0.2, 0.25) is 0 Å². The van der Waals surface area contributed by atoms with Crippen molar-refractivity contribution in [1.29, 1.82) is 0 Å². The molecule has 0 saturated carbocycles. The highest BCUT2D eigenvalue weighted by Crippen LogP contribution is 2.35. The smallest absolute Gasteiger partial charge is 0.310 e. The minimum absolute atomic E-state index is 0.0495. The van der Waals surface area contributed by atoms with Crippen LogP contribution in [0.25, 0.3) is 11.1 Å². The first-order valence-corrected chi connectivity index (χ1v) is 6.21. The van der Waals surface area contributed by atoms with E-state index in [1.165, 1.54) is 29.5 Å². The number of nitrogens with zero attached hydrogens (tertiary/aromatic N) is 3. The maximum atomic E-state index is 13.2. The molecule has 0 saturated heterocycles. The SMILES string of the molecule is CC(C)(C)n1ccc(C(F)(F)F)c(-c2cncnc2)c1=O. The van der Waals surface area contributed by atoms with Gasteiger partial charge in [0.25, 0.3) is 5.56 Å². The van der Waals surface area contributed by atoms with Crippen molar-refractivity contribution in [2.45, 2.75) is 32.5 Å². The first-order valence-electron chi connectivity index (χ1n) is 6.21. The minimum atomic E-state index is -4.62. The molecule has 2 aromatic rings. The van der Waals surface area contributed by atoms with Crippen molar-refractivity contribution in [3.8, 4) is 11.1 Å². The molecule has 0 aliphatic heterocycles. The van der Waals surface area contributed by atoms with Gasteiger partial charge >= 0.3 is 6.18 Å². The first kappa shape index (κ1) is 15.2. The lowest BCUT2D eigenvalue weighted by molar-refractivity contribution is -0.137. The van der Waals surface area contributed by atoms with E-state index in [-0.39, 0.29) is 5.56 Å². The average molecular weight is 297 g/mol. The largest absolute Gasteiger partial charge is 0.417 e. The van der Waals surface area contributed by atoms with Crippen LogP contribution in [-0.2, 0) is 11.7 Å². The van der Waals surface area contributed by atoms with Gasteiger partial charge in [-0.15, -0.1) is 0 Å². The van der Waals surface area contributed by atoms with Crippen molar-refractivity contribution in [2.24, 2.45) is 0 Å². The maximum absolute atomic E-state index is 13.2. The molecule has 0 aliphatic carbocycles. The monoisotopic (exact) mass is 297 g/mol. The Labute approximate surface area is 119 Å². The van der Waals surface area contributed by atoms with Gasteiger partial charge in [0.15, 0.2) is 0 Å². The lowest BCUT2D eigenvalue weighted by atomic mass is 10.0. The van der Waals surface area contributed by atoms with Crippen molar-refractivity contribution in [1.82, 2.24) is 14.5 Å². The van der Waals surface area contributed by atoms with Gasteiger partial charge in [-0.05, 0) is 26.8 Å². The fourth-order valence-electron chi connectivity index (χ4n) is 2.01. The van der Waals surface area contributed by atoms with Gasteiger partial charge in [-0.1, -0.05) is 0 Å². The molecule has 2 rings (SSSR count). The predicted molar refractivity (Wildman–Crippen MR) is 71.7 cm³/mol. The highest BCUT2D eigenvalue weighted by atomic mass is 19.4. The highest BCUT2D eigenvalue weighted by molar-refractivity contribution is 5.65. The van der Waals surface area contributed by atoms with Gasteiger partial charge in [-0.3, -0.25) is 4.79 Å². The van der Waals surface area contributed by atoms with Gasteiger partial charge in [0, 0.05) is 29.7 Å². The second-order valence-electron chi connectivity index (χ2n) is 5.58. The molecule has 0 amide bonds. The summed E-state index contributed by atoms with van der Waals surface area (Å²) < 4.78 is 40.7. The first-order chi connectivity index (χ1) is 9.62. The Morgan fingerprint density at radius 1 is 1.10 bits per heavy atom. The summed E-state index contributed by atoms with van der Waals surface area (Å²) in [6.45, 7) is 5.23. The number of halogens is 3. The molecule has 0 atom stereocenters. The Kier molecular flexibility index (Phi) is 3.61. The molecule has 4 nitrogen and oxygen atoms in total. The van der Waals surface area contributed by atoms with Crippen LogP contribution in [0.5, 0.6) is 0 Å². The molecule has 2 aromatic heterocycles. The molecular weight excluding hydrogens is 283 g/mol. The summed E-state index contributed by atoms with van der Waals surface area (Å²) in [6.07, 6.45) is 0.139. The quantitative estimate of drug-likeness (QED) is 0.812. The van der Waals surface area contributed by atoms with Gasteiger partial charge < -0.3 is 4.57 Å². The molecule has 0 spiro atoms. The van der Waals surface area contributed by atoms with E-state index in [4.69, 9.17) is 0 Å². The molecule has 7 heteroatoms. The van der Waals surface area contributed by atoms with Crippen LogP contribution < -0.4 is 5.56 Å². The van der Waals surface area contributed by atoms with Gasteiger partial charge in [0.2, 0.25) is 0 Å². The fraction of sp³-hybridized carbons (Fsp3) is 0.357. The number of pyridine rings is 1. The number of aromatic nitrogens is 3. The standard InChI is InChI=1S/C14H14F3N3O/c1-13(2,3)20-5-4-10(14(15,16)17)11(12(20)21)9-6-18-8-19-7-9/h4-8H,1-3H3. The summed E-state index contributed by atoms with van der Waals surface area (Å²) >= 11 is 0. The zero-order valence-electron chi connectivity index (χ0n) is 11.8. The van der Waals surface area contributed by atoms with Crippen molar-refractivity contribution in [3.05, 3.63) is 46.9 Å². The molecular formula is C14H14F3N3O. The fourth-order valence-corrected chi connectivity index (χ4v) is 2.01. The molecule has 0 aromatic carbocycles. The average Bonchev–Trinajstić information content (AvgIpc) is 2.36. The molecule has 0 fully saturated rings. The van der Waals surface area contributed by atoms with Crippen LogP contribution in [-0.4, -0.2) is 14.5 Å². The Balaban J connectivity index is 2.84. The molecule has 21 heavy (non-hydrogen) atoms. The van der Waals surface area contributed by atoms with E-state index in [0.29, 0.717) is 0 Å². The third-order valence-corrected chi connectivity index (χ3v) is 2.97. The van der Waals surface area contributed by atoms with Crippen LogP contribution in [0.1, 0.15) is 26.3 Å². The summed E-state index contributed by atoms with van der Waals surface area (Å²) in [5.41, 5.74) is -2.71. The van der Waals surface area contributed by atoms with Crippen LogP contribution in [0.4, 0.5) is 13.2 Å². The molecule has 112 valence electrons. The van der Waals surface area contributed by atoms with Crippen LogP contribution in [0.15, 0.2) is 35.8 Å². The van der Waals surface area contributed by atoms with Crippen LogP contribution in [0, 0.1) is 0 Å². The lowest BCUT2D eigenvalue weighted by Gasteiger charge is -2.24. The number of hydrogen-bond donors (Lipinski definition) is 0. The van der Waals surface area contributed by atoms with E-state index in [0.717, 1.165) is 6.07 Å². The van der Waals surface area contributed by atoms with Crippen LogP contribution in [0.3, 0.4) is 0 Å². The van der Waals surface area contributed by atoms with Gasteiger partial charge in [-0.25, -0.2) is 9.97 Å². The van der Waals surface area contributed by atoms with Crippen LogP contribution >= 0.6 is 0 Å².